The summed E-state index contributed by atoms with van der Waals surface area (Å²) in [6.45, 7) is 1.14. The number of nitrogens with zero attached hydrogens (tertiary/aromatic N) is 1. The van der Waals surface area contributed by atoms with Gasteiger partial charge in [-0.15, -0.1) is 0 Å². The summed E-state index contributed by atoms with van der Waals surface area (Å²) >= 11 is 0. The summed E-state index contributed by atoms with van der Waals surface area (Å²) in [6, 6.07) is 13.3. The summed E-state index contributed by atoms with van der Waals surface area (Å²) in [5.74, 6) is -1.71. The molecule has 0 radical (unpaired) electrons. The van der Waals surface area contributed by atoms with Gasteiger partial charge in [0.25, 0.3) is 5.91 Å². The summed E-state index contributed by atoms with van der Waals surface area (Å²) in [4.78, 5) is 23.3. The predicted molar refractivity (Wildman–Crippen MR) is 106 cm³/mol. The van der Waals surface area contributed by atoms with Crippen LogP contribution in [0.4, 0.5) is 5.69 Å². The molecule has 2 aromatic rings. The van der Waals surface area contributed by atoms with E-state index in [0.29, 0.717) is 0 Å². The zero-order chi connectivity index (χ0) is 20.9. The van der Waals surface area contributed by atoms with E-state index in [9.17, 15) is 18.0 Å². The number of sulfonamides is 1. The molecule has 1 atom stereocenters. The second-order valence-corrected chi connectivity index (χ2v) is 8.23. The molecule has 0 aliphatic rings. The van der Waals surface area contributed by atoms with E-state index in [1.165, 1.54) is 25.2 Å². The number of carboxylic acid groups (broad SMARTS) is 1. The number of anilines is 1. The lowest BCUT2D eigenvalue weighted by Crippen LogP contribution is -2.33. The molecule has 0 spiro atoms. The maximum Gasteiger partial charge on any atom is 0.318 e. The van der Waals surface area contributed by atoms with E-state index in [2.05, 4.69) is 10.6 Å². The van der Waals surface area contributed by atoms with Crippen LogP contribution < -0.4 is 10.6 Å². The van der Waals surface area contributed by atoms with Crippen LogP contribution in [-0.4, -0.2) is 50.3 Å². The van der Waals surface area contributed by atoms with E-state index in [4.69, 9.17) is 5.11 Å². The van der Waals surface area contributed by atoms with Crippen molar-refractivity contribution in [3.05, 3.63) is 59.7 Å². The molecule has 0 aliphatic carbocycles. The van der Waals surface area contributed by atoms with Crippen molar-refractivity contribution in [1.82, 2.24) is 9.62 Å². The summed E-state index contributed by atoms with van der Waals surface area (Å²) in [5, 5.41) is 14.5. The van der Waals surface area contributed by atoms with E-state index in [1.54, 1.807) is 7.05 Å². The van der Waals surface area contributed by atoms with E-state index in [-0.39, 0.29) is 22.2 Å². The Hall–Kier alpha value is -2.91. The molecule has 9 heteroatoms. The van der Waals surface area contributed by atoms with Crippen molar-refractivity contribution >= 4 is 27.6 Å². The third-order valence-electron chi connectivity index (χ3n) is 4.21. The second-order valence-electron chi connectivity index (χ2n) is 6.22. The number of carboxylic acids is 1. The van der Waals surface area contributed by atoms with Gasteiger partial charge in [-0.1, -0.05) is 30.3 Å². The highest BCUT2D eigenvalue weighted by molar-refractivity contribution is 7.89. The Labute approximate surface area is 164 Å². The number of carbonyl (C=O) groups excluding carboxylic acids is 1. The van der Waals surface area contributed by atoms with Crippen molar-refractivity contribution in [3.63, 3.8) is 0 Å². The maximum absolute atomic E-state index is 12.8. The number of amides is 1. The van der Waals surface area contributed by atoms with Crippen molar-refractivity contribution in [2.45, 2.75) is 17.9 Å². The molecule has 0 heterocycles. The Morgan fingerprint density at radius 2 is 1.79 bits per heavy atom. The second kappa shape index (κ2) is 8.85. The number of carbonyl (C=O) groups is 2. The van der Waals surface area contributed by atoms with Gasteiger partial charge in [0, 0.05) is 19.7 Å². The quantitative estimate of drug-likeness (QED) is 0.618. The number of hydrogen-bond donors (Lipinski definition) is 3. The van der Waals surface area contributed by atoms with Gasteiger partial charge >= 0.3 is 5.97 Å². The van der Waals surface area contributed by atoms with Crippen molar-refractivity contribution in [2.24, 2.45) is 0 Å². The largest absolute Gasteiger partial charge is 0.480 e. The molecule has 28 heavy (non-hydrogen) atoms. The number of hydrogen-bond acceptors (Lipinski definition) is 5. The minimum absolute atomic E-state index is 0.157. The van der Waals surface area contributed by atoms with E-state index in [0.717, 1.165) is 9.87 Å². The lowest BCUT2D eigenvalue weighted by Gasteiger charge is -2.19. The zero-order valence-electron chi connectivity index (χ0n) is 15.8. The first-order chi connectivity index (χ1) is 13.2. The Kier molecular flexibility index (Phi) is 6.76. The van der Waals surface area contributed by atoms with Gasteiger partial charge in [0.1, 0.15) is 11.4 Å². The normalized spacial score (nSPS) is 12.4. The summed E-state index contributed by atoms with van der Waals surface area (Å²) in [7, 11) is -1.39. The number of benzene rings is 2. The Morgan fingerprint density at radius 3 is 2.36 bits per heavy atom. The van der Waals surface area contributed by atoms with Crippen LogP contribution in [0.3, 0.4) is 0 Å². The Morgan fingerprint density at radius 1 is 1.14 bits per heavy atom. The first-order valence-corrected chi connectivity index (χ1v) is 9.96. The molecule has 0 saturated carbocycles. The van der Waals surface area contributed by atoms with Gasteiger partial charge in [0.05, 0.1) is 11.7 Å². The highest BCUT2D eigenvalue weighted by Crippen LogP contribution is 2.25. The molecule has 0 aliphatic heterocycles. The van der Waals surface area contributed by atoms with Crippen LogP contribution in [0.15, 0.2) is 53.4 Å². The number of likely N-dealkylation sites (N-methyl/N-ethyl adjacent to an activating group) is 1. The molecule has 3 N–H and O–H groups in total. The molecule has 2 aromatic carbocycles. The van der Waals surface area contributed by atoms with Crippen molar-refractivity contribution in [2.75, 3.05) is 26.0 Å². The van der Waals surface area contributed by atoms with Crippen molar-refractivity contribution < 1.29 is 23.1 Å². The SMILES string of the molecule is CNc1ccc(C(=O)NC(C)c2ccccc2)cc1S(=O)(=O)N(C)CC(=O)O. The van der Waals surface area contributed by atoms with Crippen molar-refractivity contribution in [3.8, 4) is 0 Å². The third-order valence-corrected chi connectivity index (χ3v) is 6.05. The summed E-state index contributed by atoms with van der Waals surface area (Å²) < 4.78 is 26.2. The topological polar surface area (TPSA) is 116 Å². The molecule has 8 nitrogen and oxygen atoms in total. The average molecular weight is 405 g/mol. The number of aliphatic carboxylic acids is 1. The van der Waals surface area contributed by atoms with Crippen molar-refractivity contribution in [1.29, 1.82) is 0 Å². The van der Waals surface area contributed by atoms with E-state index in [1.807, 2.05) is 37.3 Å². The smallest absolute Gasteiger partial charge is 0.318 e. The number of rotatable bonds is 8. The van der Waals surface area contributed by atoms with Gasteiger partial charge in [-0.2, -0.15) is 4.31 Å². The first kappa shape index (κ1) is 21.4. The number of nitrogens with one attached hydrogen (secondary N) is 2. The van der Waals surface area contributed by atoms with Crippen LogP contribution in [0, 0.1) is 0 Å². The fourth-order valence-electron chi connectivity index (χ4n) is 2.63. The summed E-state index contributed by atoms with van der Waals surface area (Å²) in [6.07, 6.45) is 0. The van der Waals surface area contributed by atoms with Gasteiger partial charge < -0.3 is 15.7 Å². The highest BCUT2D eigenvalue weighted by atomic mass is 32.2. The van der Waals surface area contributed by atoms with Crippen LogP contribution in [0.5, 0.6) is 0 Å². The molecule has 0 fully saturated rings. The third kappa shape index (κ3) is 4.87. The van der Waals surface area contributed by atoms with Gasteiger partial charge in [0.2, 0.25) is 10.0 Å². The molecule has 0 saturated heterocycles. The monoisotopic (exact) mass is 405 g/mol. The van der Waals surface area contributed by atoms with Crippen LogP contribution in [0.25, 0.3) is 0 Å². The van der Waals surface area contributed by atoms with Crippen LogP contribution >= 0.6 is 0 Å². The van der Waals surface area contributed by atoms with Gasteiger partial charge in [-0.05, 0) is 30.7 Å². The molecule has 1 amide bonds. The van der Waals surface area contributed by atoms with Crippen LogP contribution in [0.1, 0.15) is 28.9 Å². The fourth-order valence-corrected chi connectivity index (χ4v) is 3.97. The molecular weight excluding hydrogens is 382 g/mol. The van der Waals surface area contributed by atoms with Gasteiger partial charge in [-0.25, -0.2) is 8.42 Å². The van der Waals surface area contributed by atoms with Crippen LogP contribution in [-0.2, 0) is 14.8 Å². The molecule has 1 unspecified atom stereocenters. The standard InChI is InChI=1S/C19H23N3O5S/c1-13(14-7-5-4-6-8-14)21-19(25)15-9-10-16(20-2)17(11-15)28(26,27)22(3)12-18(23)24/h4-11,13,20H,12H2,1-3H3,(H,21,25)(H,23,24). The van der Waals surface area contributed by atoms with E-state index >= 15 is 0 Å². The molecule has 2 rings (SSSR count). The molecule has 0 bridgehead atoms. The highest BCUT2D eigenvalue weighted by Gasteiger charge is 2.27. The molecule has 0 aromatic heterocycles. The maximum atomic E-state index is 12.8. The Bertz CT molecular complexity index is 961. The molecule has 150 valence electrons. The minimum Gasteiger partial charge on any atom is -0.480 e. The fraction of sp³-hybridized carbons (Fsp3) is 0.263. The zero-order valence-corrected chi connectivity index (χ0v) is 16.7. The average Bonchev–Trinajstić information content (AvgIpc) is 2.67. The van der Waals surface area contributed by atoms with Gasteiger partial charge in [-0.3, -0.25) is 9.59 Å². The van der Waals surface area contributed by atoms with Crippen LogP contribution in [0.2, 0.25) is 0 Å². The van der Waals surface area contributed by atoms with E-state index < -0.39 is 28.4 Å². The minimum atomic E-state index is -4.10. The first-order valence-electron chi connectivity index (χ1n) is 8.52. The molecular formula is C19H23N3O5S. The summed E-state index contributed by atoms with van der Waals surface area (Å²) in [5.41, 5.74) is 1.34. The lowest BCUT2D eigenvalue weighted by atomic mass is 10.1. The van der Waals surface area contributed by atoms with Gasteiger partial charge in [0.15, 0.2) is 0 Å². The Balaban J connectivity index is 2.33. The predicted octanol–water partition coefficient (Wildman–Crippen LogP) is 1.92. The lowest BCUT2D eigenvalue weighted by molar-refractivity contribution is -0.137.